The van der Waals surface area contributed by atoms with Crippen LogP contribution < -0.4 is 5.32 Å². The van der Waals surface area contributed by atoms with E-state index in [0.717, 1.165) is 10.5 Å². The van der Waals surface area contributed by atoms with E-state index in [1.54, 1.807) is 12.1 Å². The number of nitro benzene ring substituents is 1. The molecule has 1 N–H and O–H groups in total. The van der Waals surface area contributed by atoms with Gasteiger partial charge >= 0.3 is 0 Å². The molecule has 0 atom stereocenters. The van der Waals surface area contributed by atoms with Crippen molar-refractivity contribution >= 4 is 23.4 Å². The first-order valence-electron chi connectivity index (χ1n) is 7.31. The number of hydrogen-bond donors (Lipinski definition) is 1. The number of benzene rings is 2. The predicted molar refractivity (Wildman–Crippen MR) is 92.6 cm³/mol. The summed E-state index contributed by atoms with van der Waals surface area (Å²) < 4.78 is 4.86. The smallest absolute Gasteiger partial charge is 0.284 e. The molecule has 1 amide bonds. The quantitative estimate of drug-likeness (QED) is 0.472. The maximum atomic E-state index is 12.0. The van der Waals surface area contributed by atoms with Gasteiger partial charge in [0.15, 0.2) is 0 Å². The zero-order valence-electron chi connectivity index (χ0n) is 13.4. The Labute approximate surface area is 144 Å². The van der Waals surface area contributed by atoms with Crippen molar-refractivity contribution in [3.63, 3.8) is 0 Å². The van der Waals surface area contributed by atoms with Crippen LogP contribution in [0.3, 0.4) is 0 Å². The van der Waals surface area contributed by atoms with Crippen molar-refractivity contribution in [2.24, 2.45) is 0 Å². The molecular formula is C17H18N2O4S. The minimum absolute atomic E-state index is 0.0834. The van der Waals surface area contributed by atoms with Crippen molar-refractivity contribution in [3.8, 4) is 0 Å². The lowest BCUT2D eigenvalue weighted by Crippen LogP contribution is -2.26. The van der Waals surface area contributed by atoms with Crippen LogP contribution in [0.25, 0.3) is 0 Å². The summed E-state index contributed by atoms with van der Waals surface area (Å²) in [5.41, 5.74) is 1.29. The maximum Gasteiger partial charge on any atom is 0.284 e. The highest BCUT2D eigenvalue weighted by Crippen LogP contribution is 2.35. The Kier molecular flexibility index (Phi) is 6.34. The fourth-order valence-corrected chi connectivity index (χ4v) is 2.89. The third kappa shape index (κ3) is 4.81. The van der Waals surface area contributed by atoms with Gasteiger partial charge in [-0.3, -0.25) is 14.9 Å². The van der Waals surface area contributed by atoms with Crippen LogP contribution >= 0.6 is 11.8 Å². The number of carbonyl (C=O) groups is 1. The molecular weight excluding hydrogens is 328 g/mol. The molecule has 2 aromatic carbocycles. The molecule has 0 saturated carbocycles. The van der Waals surface area contributed by atoms with Crippen LogP contribution in [0.15, 0.2) is 52.3 Å². The van der Waals surface area contributed by atoms with Gasteiger partial charge in [-0.1, -0.05) is 29.5 Å². The van der Waals surface area contributed by atoms with Gasteiger partial charge < -0.3 is 10.1 Å². The zero-order chi connectivity index (χ0) is 17.5. The Morgan fingerprint density at radius 1 is 1.25 bits per heavy atom. The second-order valence-corrected chi connectivity index (χ2v) is 6.22. The highest BCUT2D eigenvalue weighted by Gasteiger charge is 2.18. The summed E-state index contributed by atoms with van der Waals surface area (Å²) >= 11 is 1.30. The molecule has 2 rings (SSSR count). The second kappa shape index (κ2) is 8.47. The van der Waals surface area contributed by atoms with E-state index in [1.807, 2.05) is 31.2 Å². The molecule has 7 heteroatoms. The monoisotopic (exact) mass is 346 g/mol. The minimum atomic E-state index is -0.470. The molecule has 0 saturated heterocycles. The number of nitrogens with zero attached hydrogens (tertiary/aromatic N) is 1. The molecule has 0 radical (unpaired) electrons. The predicted octanol–water partition coefficient (Wildman–Crippen LogP) is 3.43. The second-order valence-electron chi connectivity index (χ2n) is 5.10. The standard InChI is InChI=1S/C17H18N2O4S/c1-12-3-6-14(7-4-12)24-16-8-5-13(11-15(16)19(21)22)17(20)18-9-10-23-2/h3-8,11H,9-10H2,1-2H3,(H,18,20). The van der Waals surface area contributed by atoms with Gasteiger partial charge in [0, 0.05) is 30.2 Å². The summed E-state index contributed by atoms with van der Waals surface area (Å²) in [5.74, 6) is -0.359. The van der Waals surface area contributed by atoms with E-state index in [9.17, 15) is 14.9 Å². The van der Waals surface area contributed by atoms with Crippen molar-refractivity contribution in [3.05, 3.63) is 63.7 Å². The van der Waals surface area contributed by atoms with Crippen molar-refractivity contribution in [2.45, 2.75) is 16.7 Å². The topological polar surface area (TPSA) is 81.5 Å². The molecule has 0 aliphatic carbocycles. The number of aryl methyl sites for hydroxylation is 1. The average Bonchev–Trinajstić information content (AvgIpc) is 2.57. The van der Waals surface area contributed by atoms with E-state index in [0.29, 0.717) is 18.0 Å². The molecule has 0 unspecified atom stereocenters. The highest BCUT2D eigenvalue weighted by atomic mass is 32.2. The number of hydrogen-bond acceptors (Lipinski definition) is 5. The SMILES string of the molecule is COCCNC(=O)c1ccc(Sc2ccc(C)cc2)c([N+](=O)[O-])c1. The van der Waals surface area contributed by atoms with Gasteiger partial charge in [-0.05, 0) is 31.2 Å². The summed E-state index contributed by atoms with van der Waals surface area (Å²) in [6.45, 7) is 2.71. The molecule has 2 aromatic rings. The van der Waals surface area contributed by atoms with E-state index in [1.165, 1.54) is 24.9 Å². The van der Waals surface area contributed by atoms with Crippen LogP contribution in [0, 0.1) is 17.0 Å². The molecule has 0 fully saturated rings. The number of carbonyl (C=O) groups excluding carboxylic acids is 1. The lowest BCUT2D eigenvalue weighted by atomic mass is 10.2. The number of ether oxygens (including phenoxy) is 1. The summed E-state index contributed by atoms with van der Waals surface area (Å²) in [4.78, 5) is 24.3. The normalized spacial score (nSPS) is 10.4. The summed E-state index contributed by atoms with van der Waals surface area (Å²) in [7, 11) is 1.54. The Balaban J connectivity index is 2.21. The van der Waals surface area contributed by atoms with Crippen LogP contribution in [0.1, 0.15) is 15.9 Å². The van der Waals surface area contributed by atoms with Gasteiger partial charge in [-0.2, -0.15) is 0 Å². The Bertz CT molecular complexity index is 732. The molecule has 0 heterocycles. The number of rotatable bonds is 7. The van der Waals surface area contributed by atoms with Gasteiger partial charge in [-0.15, -0.1) is 0 Å². The van der Waals surface area contributed by atoms with E-state index in [4.69, 9.17) is 4.74 Å². The zero-order valence-corrected chi connectivity index (χ0v) is 14.3. The Hall–Kier alpha value is -2.38. The van der Waals surface area contributed by atoms with Crippen molar-refractivity contribution in [2.75, 3.05) is 20.3 Å². The Morgan fingerprint density at radius 2 is 1.96 bits per heavy atom. The highest BCUT2D eigenvalue weighted by molar-refractivity contribution is 7.99. The first kappa shape index (κ1) is 18.0. The number of nitro groups is 1. The third-order valence-electron chi connectivity index (χ3n) is 3.26. The number of methoxy groups -OCH3 is 1. The van der Waals surface area contributed by atoms with Crippen LogP contribution in [-0.4, -0.2) is 31.1 Å². The number of nitrogens with one attached hydrogen (secondary N) is 1. The molecule has 24 heavy (non-hydrogen) atoms. The van der Waals surface area contributed by atoms with E-state index >= 15 is 0 Å². The van der Waals surface area contributed by atoms with Crippen molar-refractivity contribution < 1.29 is 14.5 Å². The van der Waals surface area contributed by atoms with Crippen LogP contribution in [0.4, 0.5) is 5.69 Å². The lowest BCUT2D eigenvalue weighted by molar-refractivity contribution is -0.387. The fraction of sp³-hybridized carbons (Fsp3) is 0.235. The molecule has 0 spiro atoms. The van der Waals surface area contributed by atoms with E-state index in [2.05, 4.69) is 5.32 Å². The largest absolute Gasteiger partial charge is 0.383 e. The molecule has 0 aromatic heterocycles. The summed E-state index contributed by atoms with van der Waals surface area (Å²) in [5, 5.41) is 14.0. The van der Waals surface area contributed by atoms with Crippen LogP contribution in [0.5, 0.6) is 0 Å². The lowest BCUT2D eigenvalue weighted by Gasteiger charge is -2.07. The van der Waals surface area contributed by atoms with Gasteiger partial charge in [0.2, 0.25) is 0 Å². The molecule has 0 aliphatic rings. The van der Waals surface area contributed by atoms with Gasteiger partial charge in [0.1, 0.15) is 0 Å². The van der Waals surface area contributed by atoms with Gasteiger partial charge in [0.25, 0.3) is 11.6 Å². The van der Waals surface area contributed by atoms with Gasteiger partial charge in [-0.25, -0.2) is 0 Å². The third-order valence-corrected chi connectivity index (χ3v) is 4.33. The van der Waals surface area contributed by atoms with Crippen molar-refractivity contribution in [1.29, 1.82) is 0 Å². The molecule has 0 bridgehead atoms. The van der Waals surface area contributed by atoms with Gasteiger partial charge in [0.05, 0.1) is 16.4 Å². The Morgan fingerprint density at radius 3 is 2.58 bits per heavy atom. The van der Waals surface area contributed by atoms with E-state index in [-0.39, 0.29) is 17.2 Å². The van der Waals surface area contributed by atoms with Crippen LogP contribution in [0.2, 0.25) is 0 Å². The van der Waals surface area contributed by atoms with Crippen LogP contribution in [-0.2, 0) is 4.74 Å². The first-order valence-corrected chi connectivity index (χ1v) is 8.13. The average molecular weight is 346 g/mol. The maximum absolute atomic E-state index is 12.0. The molecule has 0 aliphatic heterocycles. The van der Waals surface area contributed by atoms with E-state index < -0.39 is 4.92 Å². The number of amides is 1. The first-order chi connectivity index (χ1) is 11.5. The summed E-state index contributed by atoms with van der Waals surface area (Å²) in [6, 6.07) is 12.2. The summed E-state index contributed by atoms with van der Waals surface area (Å²) in [6.07, 6.45) is 0. The molecule has 126 valence electrons. The van der Waals surface area contributed by atoms with Crippen molar-refractivity contribution in [1.82, 2.24) is 5.32 Å². The minimum Gasteiger partial charge on any atom is -0.383 e. The molecule has 6 nitrogen and oxygen atoms in total. The fourth-order valence-electron chi connectivity index (χ4n) is 1.99.